The topological polar surface area (TPSA) is 90.6 Å². The van der Waals surface area contributed by atoms with Crippen LogP contribution in [0, 0.1) is 5.82 Å². The molecule has 2 heterocycles. The van der Waals surface area contributed by atoms with Crippen LogP contribution in [-0.4, -0.2) is 42.4 Å². The summed E-state index contributed by atoms with van der Waals surface area (Å²) in [5.74, 6) is -1.20. The van der Waals surface area contributed by atoms with Crippen LogP contribution >= 0.6 is 0 Å². The van der Waals surface area contributed by atoms with E-state index in [-0.39, 0.29) is 28.9 Å². The van der Waals surface area contributed by atoms with Gasteiger partial charge in [-0.1, -0.05) is 24.3 Å². The number of alkyl halides is 3. The number of ether oxygens (including phenoxy) is 1. The summed E-state index contributed by atoms with van der Waals surface area (Å²) < 4.78 is 84.7. The molecule has 0 saturated heterocycles. The van der Waals surface area contributed by atoms with E-state index in [2.05, 4.69) is 10.1 Å². The number of fused-ring (bicyclic) bond motifs is 1. The molecule has 0 unspecified atom stereocenters. The van der Waals surface area contributed by atoms with Gasteiger partial charge < -0.3 is 4.74 Å². The van der Waals surface area contributed by atoms with Crippen LogP contribution in [0.4, 0.5) is 17.6 Å². The number of rotatable bonds is 6. The Labute approximate surface area is 209 Å². The number of benzene rings is 2. The van der Waals surface area contributed by atoms with E-state index in [1.54, 1.807) is 6.07 Å². The number of nitrogens with zero attached hydrogens (tertiary/aromatic N) is 3. The van der Waals surface area contributed by atoms with Crippen molar-refractivity contribution in [2.45, 2.75) is 30.0 Å². The molecule has 0 aliphatic heterocycles. The normalized spacial score (nSPS) is 13.9. The van der Waals surface area contributed by atoms with Crippen molar-refractivity contribution in [2.75, 3.05) is 13.4 Å². The molecule has 0 fully saturated rings. The van der Waals surface area contributed by atoms with E-state index < -0.39 is 43.8 Å². The first-order valence-corrected chi connectivity index (χ1v) is 12.7. The van der Waals surface area contributed by atoms with Gasteiger partial charge in [0, 0.05) is 12.5 Å². The van der Waals surface area contributed by atoms with Crippen molar-refractivity contribution in [1.82, 2.24) is 14.6 Å². The molecule has 7 nitrogen and oxygen atoms in total. The van der Waals surface area contributed by atoms with Crippen molar-refractivity contribution >= 4 is 21.5 Å². The predicted octanol–water partition coefficient (Wildman–Crippen LogP) is 4.63. The number of carbonyl (C=O) groups excluding carboxylic acids is 1. The highest BCUT2D eigenvalue weighted by Crippen LogP contribution is 2.37. The third kappa shape index (κ3) is 4.93. The molecule has 4 rings (SSSR count). The van der Waals surface area contributed by atoms with Crippen molar-refractivity contribution < 1.29 is 35.5 Å². The van der Waals surface area contributed by atoms with Crippen molar-refractivity contribution in [1.29, 1.82) is 0 Å². The second-order valence-electron chi connectivity index (χ2n) is 8.72. The van der Waals surface area contributed by atoms with E-state index >= 15 is 0 Å². The fourth-order valence-corrected chi connectivity index (χ4v) is 5.04. The van der Waals surface area contributed by atoms with Gasteiger partial charge in [0.05, 0.1) is 23.9 Å². The Morgan fingerprint density at radius 1 is 1.08 bits per heavy atom. The van der Waals surface area contributed by atoms with Gasteiger partial charge in [0.25, 0.3) is 0 Å². The lowest BCUT2D eigenvalue weighted by atomic mass is 9.80. The van der Waals surface area contributed by atoms with Gasteiger partial charge in [-0.05, 0) is 54.8 Å². The van der Waals surface area contributed by atoms with Crippen LogP contribution < -0.4 is 0 Å². The minimum Gasteiger partial charge on any atom is -0.468 e. The van der Waals surface area contributed by atoms with Gasteiger partial charge in [-0.25, -0.2) is 22.3 Å². The summed E-state index contributed by atoms with van der Waals surface area (Å²) in [6, 6.07) is 11.0. The average Bonchev–Trinajstić information content (AvgIpc) is 3.23. The molecule has 0 saturated carbocycles. The van der Waals surface area contributed by atoms with Crippen molar-refractivity contribution in [2.24, 2.45) is 0 Å². The number of methoxy groups -OCH3 is 1. The quantitative estimate of drug-likeness (QED) is 0.264. The number of aromatic nitrogens is 3. The monoisotopic (exact) mass is 535 g/mol. The highest BCUT2D eigenvalue weighted by molar-refractivity contribution is 7.90. The molecule has 1 atom stereocenters. The number of hydrogen-bond acceptors (Lipinski definition) is 6. The zero-order valence-electron chi connectivity index (χ0n) is 19.9. The maximum absolute atomic E-state index is 13.9. The van der Waals surface area contributed by atoms with E-state index in [0.717, 1.165) is 30.5 Å². The van der Waals surface area contributed by atoms with Gasteiger partial charge in [-0.3, -0.25) is 4.79 Å². The number of halogens is 4. The van der Waals surface area contributed by atoms with Gasteiger partial charge in [-0.15, -0.1) is 0 Å². The Morgan fingerprint density at radius 2 is 1.76 bits per heavy atom. The van der Waals surface area contributed by atoms with Gasteiger partial charge in [0.2, 0.25) is 0 Å². The molecule has 0 spiro atoms. The maximum atomic E-state index is 13.9. The van der Waals surface area contributed by atoms with E-state index in [4.69, 9.17) is 4.74 Å². The van der Waals surface area contributed by atoms with Crippen LogP contribution in [0.2, 0.25) is 0 Å². The molecule has 0 aliphatic rings. The lowest BCUT2D eigenvalue weighted by Gasteiger charge is -2.27. The van der Waals surface area contributed by atoms with Gasteiger partial charge in [0.15, 0.2) is 20.5 Å². The lowest BCUT2D eigenvalue weighted by Crippen LogP contribution is -2.38. The molecule has 0 amide bonds. The third-order valence-electron chi connectivity index (χ3n) is 5.99. The first-order chi connectivity index (χ1) is 17.3. The smallest absolute Gasteiger partial charge is 0.416 e. The van der Waals surface area contributed by atoms with Crippen molar-refractivity contribution in [3.8, 4) is 11.1 Å². The molecule has 0 bridgehead atoms. The Kier molecular flexibility index (Phi) is 6.57. The zero-order valence-corrected chi connectivity index (χ0v) is 20.7. The Bertz CT molecular complexity index is 1600. The molecule has 0 aliphatic carbocycles. The molecule has 12 heteroatoms. The minimum atomic E-state index is -4.58. The van der Waals surface area contributed by atoms with Crippen LogP contribution in [0.25, 0.3) is 16.8 Å². The Morgan fingerprint density at radius 3 is 2.32 bits per heavy atom. The Balaban J connectivity index is 1.99. The lowest BCUT2D eigenvalue weighted by molar-refractivity contribution is -0.147. The van der Waals surface area contributed by atoms with E-state index in [1.807, 2.05) is 0 Å². The summed E-state index contributed by atoms with van der Waals surface area (Å²) in [7, 11) is -2.81. The number of esters is 1. The van der Waals surface area contributed by atoms with Crippen LogP contribution in [0.1, 0.15) is 23.7 Å². The molecule has 2 aromatic carbocycles. The summed E-state index contributed by atoms with van der Waals surface area (Å²) in [6.07, 6.45) is -2.36. The van der Waals surface area contributed by atoms with Crippen LogP contribution in [0.3, 0.4) is 0 Å². The predicted molar refractivity (Wildman–Crippen MR) is 126 cm³/mol. The average molecular weight is 536 g/mol. The fraction of sp³-hybridized carbons (Fsp3) is 0.240. The van der Waals surface area contributed by atoms with Gasteiger partial charge >= 0.3 is 12.1 Å². The first kappa shape index (κ1) is 26.3. The summed E-state index contributed by atoms with van der Waals surface area (Å²) >= 11 is 0. The highest BCUT2D eigenvalue weighted by atomic mass is 32.2. The van der Waals surface area contributed by atoms with E-state index in [1.165, 1.54) is 49.0 Å². The Hall–Kier alpha value is -3.80. The highest BCUT2D eigenvalue weighted by Gasteiger charge is 2.40. The maximum Gasteiger partial charge on any atom is 0.416 e. The van der Waals surface area contributed by atoms with Crippen LogP contribution in [-0.2, 0) is 37.4 Å². The third-order valence-corrected chi connectivity index (χ3v) is 6.97. The fourth-order valence-electron chi connectivity index (χ4n) is 4.23. The van der Waals surface area contributed by atoms with Gasteiger partial charge in [0.1, 0.15) is 11.2 Å². The SMILES string of the molecule is COC(=O)[C@](C)(Cc1cccc(F)c1)c1ccnc2c(-c3ccc(C(F)(F)F)cc3)c(S(C)(=O)=O)nn12. The number of carbonyl (C=O) groups is 1. The summed E-state index contributed by atoms with van der Waals surface area (Å²) in [6.45, 7) is 1.54. The summed E-state index contributed by atoms with van der Waals surface area (Å²) in [4.78, 5) is 17.3. The van der Waals surface area contributed by atoms with Gasteiger partial charge in [-0.2, -0.15) is 18.3 Å². The molecule has 0 radical (unpaired) electrons. The minimum absolute atomic E-state index is 0.00653. The van der Waals surface area contributed by atoms with E-state index in [9.17, 15) is 30.8 Å². The molecular weight excluding hydrogens is 514 g/mol. The number of sulfone groups is 1. The van der Waals surface area contributed by atoms with Crippen LogP contribution in [0.15, 0.2) is 65.8 Å². The zero-order chi connectivity index (χ0) is 27.2. The summed E-state index contributed by atoms with van der Waals surface area (Å²) in [5, 5.41) is 3.81. The second-order valence-corrected chi connectivity index (χ2v) is 10.7. The summed E-state index contributed by atoms with van der Waals surface area (Å²) in [5.41, 5.74) is -1.59. The molecule has 37 heavy (non-hydrogen) atoms. The largest absolute Gasteiger partial charge is 0.468 e. The molecular formula is C25H21F4N3O4S. The van der Waals surface area contributed by atoms with Crippen LogP contribution in [0.5, 0.6) is 0 Å². The molecule has 2 aromatic heterocycles. The van der Waals surface area contributed by atoms with E-state index in [0.29, 0.717) is 5.56 Å². The van der Waals surface area contributed by atoms with Crippen molar-refractivity contribution in [3.05, 3.63) is 83.4 Å². The van der Waals surface area contributed by atoms with Crippen molar-refractivity contribution in [3.63, 3.8) is 0 Å². The molecule has 194 valence electrons. The molecule has 4 aromatic rings. The number of hydrogen-bond donors (Lipinski definition) is 0. The molecule has 0 N–H and O–H groups in total. The standard InChI is InChI=1S/C25H21F4N3O4S/c1-24(23(33)36-2,14-15-5-4-6-18(26)13-15)19-11-12-30-21-20(22(31-32(19)21)37(3,34)35)16-7-9-17(10-8-16)25(27,28)29/h4-13H,14H2,1-3H3/t24-/m1/s1. The first-order valence-electron chi connectivity index (χ1n) is 10.8. The second kappa shape index (κ2) is 9.25.